The molecule has 8 aromatic heterocycles. The predicted molar refractivity (Wildman–Crippen MR) is 255 cm³/mol. The average molecular weight is 893 g/mol. The molecule has 1 saturated heterocycles. The van der Waals surface area contributed by atoms with Crippen LogP contribution in [0.4, 0.5) is 29.2 Å². The quantitative estimate of drug-likeness (QED) is 0.143. The van der Waals surface area contributed by atoms with Crippen LogP contribution in [0.2, 0.25) is 5.28 Å². The molecule has 1 aliphatic heterocycles. The number of hydrogen-bond donors (Lipinski definition) is 2. The predicted octanol–water partition coefficient (Wildman–Crippen LogP) is 11.5. The molecule has 12 rings (SSSR count). The summed E-state index contributed by atoms with van der Waals surface area (Å²) in [6.07, 6.45) is 36.1. The third-order valence-electron chi connectivity index (χ3n) is 13.4. The Kier molecular flexibility index (Phi) is 13.3. The van der Waals surface area contributed by atoms with E-state index < -0.39 is 0 Å². The molecule has 3 saturated carbocycles. The van der Waals surface area contributed by atoms with Gasteiger partial charge < -0.3 is 24.7 Å². The Bertz CT molecular complexity index is 2730. The van der Waals surface area contributed by atoms with Crippen molar-refractivity contribution < 1.29 is 0 Å². The third-order valence-corrected chi connectivity index (χ3v) is 13.6. The van der Waals surface area contributed by atoms with E-state index in [0.717, 1.165) is 65.4 Å². The molecule has 1 atom stereocenters. The molecule has 0 radical (unpaired) electrons. The Labute approximate surface area is 384 Å². The molecule has 2 N–H and O–H groups in total. The zero-order valence-corrected chi connectivity index (χ0v) is 37.7. The molecule has 4 aliphatic rings. The second kappa shape index (κ2) is 20.2. The van der Waals surface area contributed by atoms with Gasteiger partial charge in [0.05, 0.1) is 24.4 Å². The van der Waals surface area contributed by atoms with Gasteiger partial charge in [-0.25, -0.2) is 19.0 Å². The van der Waals surface area contributed by atoms with Gasteiger partial charge in [-0.3, -0.25) is 9.97 Å². The van der Waals surface area contributed by atoms with Gasteiger partial charge in [-0.1, -0.05) is 63.5 Å². The highest BCUT2D eigenvalue weighted by molar-refractivity contribution is 6.28. The Balaban J connectivity index is 0.000000129. The number of fused-ring (bicyclic) bond motifs is 2. The van der Waals surface area contributed by atoms with Crippen molar-refractivity contribution in [2.75, 3.05) is 22.1 Å². The highest BCUT2D eigenvalue weighted by atomic mass is 35.5. The van der Waals surface area contributed by atoms with Crippen molar-refractivity contribution in [3.8, 4) is 0 Å². The summed E-state index contributed by atoms with van der Waals surface area (Å²) in [7, 11) is 0. The number of imidazole rings is 2. The first-order valence-electron chi connectivity index (χ1n) is 23.7. The number of rotatable bonds is 9. The van der Waals surface area contributed by atoms with Crippen LogP contribution < -0.4 is 15.5 Å². The summed E-state index contributed by atoms with van der Waals surface area (Å²) in [6, 6.07) is 21.5. The van der Waals surface area contributed by atoms with E-state index in [1.807, 2.05) is 90.6 Å². The molecule has 1 unspecified atom stereocenters. The molecule has 8 aromatic rings. The van der Waals surface area contributed by atoms with Crippen LogP contribution in [-0.2, 0) is 0 Å². The van der Waals surface area contributed by atoms with E-state index in [-0.39, 0.29) is 11.3 Å². The van der Waals surface area contributed by atoms with Crippen molar-refractivity contribution in [2.45, 2.75) is 127 Å². The molecular weight excluding hydrogens is 834 g/mol. The van der Waals surface area contributed by atoms with Crippen LogP contribution in [0.5, 0.6) is 0 Å². The number of nitrogens with one attached hydrogen (secondary N) is 2. The van der Waals surface area contributed by atoms with Gasteiger partial charge in [0, 0.05) is 67.4 Å². The van der Waals surface area contributed by atoms with Gasteiger partial charge in [0.25, 0.3) is 0 Å². The second-order valence-electron chi connectivity index (χ2n) is 17.8. The summed E-state index contributed by atoms with van der Waals surface area (Å²) in [5.74, 6) is 4.53. The number of aromatic nitrogens is 12. The molecule has 65 heavy (non-hydrogen) atoms. The topological polar surface area (TPSA) is 149 Å². The lowest BCUT2D eigenvalue weighted by molar-refractivity contribution is 0.353. The second-order valence-corrected chi connectivity index (χ2v) is 18.1. The molecule has 0 aromatic carbocycles. The van der Waals surface area contributed by atoms with E-state index in [2.05, 4.69) is 79.1 Å². The third kappa shape index (κ3) is 10.1. The number of halogens is 1. The molecule has 4 fully saturated rings. The van der Waals surface area contributed by atoms with E-state index in [1.54, 1.807) is 4.52 Å². The van der Waals surface area contributed by atoms with Gasteiger partial charge in [0.2, 0.25) is 11.2 Å². The van der Waals surface area contributed by atoms with E-state index in [0.29, 0.717) is 17.9 Å². The fourth-order valence-corrected chi connectivity index (χ4v) is 10.2. The molecular formula is C49H58ClN15. The maximum absolute atomic E-state index is 5.97. The lowest BCUT2D eigenvalue weighted by atomic mass is 9.95. The number of nitrogens with zero attached hydrogens (tertiary/aromatic N) is 13. The molecule has 16 heteroatoms. The first-order valence-corrected chi connectivity index (χ1v) is 24.0. The Morgan fingerprint density at radius 3 is 1.66 bits per heavy atom. The standard InChI is InChI=1S/C24H28N8.C15H17ClN6.C10H13N/c1-2-8-18(9-3-1)30-16-22(26-17-30)27-23-21-12-7-15-32(21)29-24(28-23)31-14-6-11-20(31)19-10-4-5-13-25-19;16-15-19-14(12-7-4-8-22(12)20-15)18-13-9-21(10-17-13)11-5-2-1-3-6-11;1-2-6-9(5-1)10-7-3-4-8-11-10/h4-5,7,10,12-13,15-18,20H,1-3,6,8-9,11,14H2,(H,27,28,29);4,7-11H,1-3,5-6H2,(H,18,19,20);3-4,7-9H,1-2,5-6H2. The molecule has 9 heterocycles. The Morgan fingerprint density at radius 2 is 1.08 bits per heavy atom. The van der Waals surface area contributed by atoms with Crippen LogP contribution in [0.25, 0.3) is 11.0 Å². The van der Waals surface area contributed by atoms with Crippen molar-refractivity contribution in [1.82, 2.24) is 58.3 Å². The van der Waals surface area contributed by atoms with Crippen molar-refractivity contribution in [2.24, 2.45) is 0 Å². The van der Waals surface area contributed by atoms with Gasteiger partial charge in [-0.2, -0.15) is 9.97 Å². The minimum Gasteiger partial charge on any atom is -0.332 e. The summed E-state index contributed by atoms with van der Waals surface area (Å²) in [4.78, 5) is 29.5. The van der Waals surface area contributed by atoms with E-state index in [4.69, 9.17) is 21.7 Å². The smallest absolute Gasteiger partial charge is 0.246 e. The van der Waals surface area contributed by atoms with Gasteiger partial charge in [-0.05, 0) is 111 Å². The normalized spacial score (nSPS) is 18.4. The first kappa shape index (κ1) is 42.6. The first-order chi connectivity index (χ1) is 32.1. The summed E-state index contributed by atoms with van der Waals surface area (Å²) in [5, 5.41) is 15.9. The summed E-state index contributed by atoms with van der Waals surface area (Å²) in [5.41, 5.74) is 4.18. The zero-order valence-electron chi connectivity index (χ0n) is 36.9. The van der Waals surface area contributed by atoms with Crippen LogP contribution >= 0.6 is 11.6 Å². The fraction of sp³-hybridized carbons (Fsp3) is 0.429. The monoisotopic (exact) mass is 891 g/mol. The van der Waals surface area contributed by atoms with Gasteiger partial charge in [0.15, 0.2) is 11.6 Å². The SMILES string of the molecule is Clc1nc(Nc2cn(C3CCCCC3)cn2)c2cccn2n1.c1ccc(C2CCCC2)nc1.c1ccc(C2CCCN2c2nc(Nc3cn(C4CCCCC4)cn3)c3cccn3n2)nc1. The highest BCUT2D eigenvalue weighted by Crippen LogP contribution is 2.36. The number of pyridine rings is 2. The van der Waals surface area contributed by atoms with Gasteiger partial charge in [-0.15, -0.1) is 10.2 Å². The minimum absolute atomic E-state index is 0.197. The fourth-order valence-electron chi connectivity index (χ4n) is 10.1. The lowest BCUT2D eigenvalue weighted by Crippen LogP contribution is -2.26. The van der Waals surface area contributed by atoms with Crippen LogP contribution in [-0.4, -0.2) is 64.8 Å². The van der Waals surface area contributed by atoms with Crippen molar-refractivity contribution >= 4 is 51.9 Å². The van der Waals surface area contributed by atoms with Crippen molar-refractivity contribution in [1.29, 1.82) is 0 Å². The molecule has 0 bridgehead atoms. The maximum atomic E-state index is 5.97. The minimum atomic E-state index is 0.197. The number of anilines is 5. The molecule has 15 nitrogen and oxygen atoms in total. The van der Waals surface area contributed by atoms with Crippen molar-refractivity contribution in [3.05, 3.63) is 127 Å². The van der Waals surface area contributed by atoms with Gasteiger partial charge in [0.1, 0.15) is 22.7 Å². The zero-order chi connectivity index (χ0) is 43.8. The summed E-state index contributed by atoms with van der Waals surface area (Å²) in [6.45, 7) is 0.920. The van der Waals surface area contributed by atoms with Crippen LogP contribution in [0, 0.1) is 0 Å². The summed E-state index contributed by atoms with van der Waals surface area (Å²) < 4.78 is 8.07. The molecule has 0 amide bonds. The highest BCUT2D eigenvalue weighted by Gasteiger charge is 2.30. The summed E-state index contributed by atoms with van der Waals surface area (Å²) >= 11 is 5.97. The molecule has 336 valence electrons. The average Bonchev–Trinajstić information content (AvgIpc) is 4.22. The Hall–Kier alpha value is -6.35. The Morgan fingerprint density at radius 1 is 0.523 bits per heavy atom. The number of hydrogen-bond acceptors (Lipinski definition) is 11. The molecule has 0 spiro atoms. The van der Waals surface area contributed by atoms with Crippen molar-refractivity contribution in [3.63, 3.8) is 0 Å². The van der Waals surface area contributed by atoms with E-state index in [9.17, 15) is 0 Å². The van der Waals surface area contributed by atoms with Crippen LogP contribution in [0.3, 0.4) is 0 Å². The maximum Gasteiger partial charge on any atom is 0.246 e. The van der Waals surface area contributed by atoms with E-state index in [1.165, 1.54) is 95.6 Å². The lowest BCUT2D eigenvalue weighted by Gasteiger charge is -2.24. The van der Waals surface area contributed by atoms with E-state index >= 15 is 0 Å². The largest absolute Gasteiger partial charge is 0.332 e. The molecule has 3 aliphatic carbocycles. The van der Waals surface area contributed by atoms with Crippen LogP contribution in [0.1, 0.15) is 138 Å². The van der Waals surface area contributed by atoms with Gasteiger partial charge >= 0.3 is 0 Å². The van der Waals surface area contributed by atoms with Crippen LogP contribution in [0.15, 0.2) is 110 Å².